The maximum atomic E-state index is 12.0. The number of benzene rings is 2. The molecule has 0 radical (unpaired) electrons. The Morgan fingerprint density at radius 2 is 1.55 bits per heavy atom. The summed E-state index contributed by atoms with van der Waals surface area (Å²) in [5, 5.41) is 0.435. The van der Waals surface area contributed by atoms with Gasteiger partial charge in [-0.15, -0.1) is 11.6 Å². The highest BCUT2D eigenvalue weighted by Gasteiger charge is 2.10. The van der Waals surface area contributed by atoms with Crippen molar-refractivity contribution >= 4 is 23.2 Å². The van der Waals surface area contributed by atoms with Gasteiger partial charge in [0.05, 0.1) is 5.38 Å². The average molecular weight is 317 g/mol. The van der Waals surface area contributed by atoms with Crippen molar-refractivity contribution < 1.29 is 13.5 Å². The van der Waals surface area contributed by atoms with Crippen LogP contribution in [0.3, 0.4) is 0 Å². The third kappa shape index (κ3) is 4.36. The van der Waals surface area contributed by atoms with Gasteiger partial charge in [0, 0.05) is 5.02 Å². The second-order valence-corrected chi connectivity index (χ2v) is 5.21. The molecule has 0 aliphatic heterocycles. The fourth-order valence-corrected chi connectivity index (χ4v) is 2.25. The Labute approximate surface area is 126 Å². The van der Waals surface area contributed by atoms with Crippen LogP contribution in [0.25, 0.3) is 0 Å². The highest BCUT2D eigenvalue weighted by molar-refractivity contribution is 6.30. The third-order valence-electron chi connectivity index (χ3n) is 2.80. The Bertz CT molecular complexity index is 541. The second kappa shape index (κ2) is 6.91. The summed E-state index contributed by atoms with van der Waals surface area (Å²) >= 11 is 12.1. The maximum absolute atomic E-state index is 12.0. The molecule has 5 heteroatoms. The summed E-state index contributed by atoms with van der Waals surface area (Å²) < 4.78 is 28.4. The molecule has 0 N–H and O–H groups in total. The Hall–Kier alpha value is -1.32. The van der Waals surface area contributed by atoms with E-state index in [1.165, 1.54) is 12.1 Å². The first kappa shape index (κ1) is 15.1. The minimum absolute atomic E-state index is 0.124. The molecule has 2 aromatic carbocycles. The fourth-order valence-electron chi connectivity index (χ4n) is 1.80. The molecule has 0 bridgehead atoms. The molecule has 1 atom stereocenters. The summed E-state index contributed by atoms with van der Waals surface area (Å²) in [5.41, 5.74) is 1.91. The molecular weight excluding hydrogens is 305 g/mol. The van der Waals surface area contributed by atoms with Gasteiger partial charge in [-0.05, 0) is 41.8 Å². The zero-order chi connectivity index (χ0) is 14.5. The van der Waals surface area contributed by atoms with E-state index in [0.717, 1.165) is 11.1 Å². The molecule has 0 spiro atoms. The number of alkyl halides is 3. The highest BCUT2D eigenvalue weighted by atomic mass is 35.5. The summed E-state index contributed by atoms with van der Waals surface area (Å²) in [6.07, 6.45) is 0.633. The van der Waals surface area contributed by atoms with Crippen molar-refractivity contribution in [3.8, 4) is 5.75 Å². The standard InChI is InChI=1S/C15H12Cl2F2O/c16-12-5-1-10(2-6-12)9-14(17)11-3-7-13(8-4-11)20-15(18)19/h1-8,14-15H,9H2. The van der Waals surface area contributed by atoms with Crippen molar-refractivity contribution in [2.45, 2.75) is 18.4 Å². The van der Waals surface area contributed by atoms with Crippen LogP contribution >= 0.6 is 23.2 Å². The van der Waals surface area contributed by atoms with E-state index in [4.69, 9.17) is 23.2 Å². The van der Waals surface area contributed by atoms with Crippen LogP contribution in [0.15, 0.2) is 48.5 Å². The van der Waals surface area contributed by atoms with E-state index in [-0.39, 0.29) is 11.1 Å². The zero-order valence-electron chi connectivity index (χ0n) is 10.4. The van der Waals surface area contributed by atoms with E-state index >= 15 is 0 Å². The first-order valence-electron chi connectivity index (χ1n) is 5.98. The van der Waals surface area contributed by atoms with E-state index in [1.54, 1.807) is 24.3 Å². The lowest BCUT2D eigenvalue weighted by Crippen LogP contribution is -2.02. The van der Waals surface area contributed by atoms with Gasteiger partial charge < -0.3 is 4.74 Å². The quantitative estimate of drug-likeness (QED) is 0.665. The second-order valence-electron chi connectivity index (χ2n) is 4.25. The van der Waals surface area contributed by atoms with E-state index in [9.17, 15) is 8.78 Å². The monoisotopic (exact) mass is 316 g/mol. The van der Waals surface area contributed by atoms with Gasteiger partial charge in [0.1, 0.15) is 5.75 Å². The summed E-state index contributed by atoms with van der Waals surface area (Å²) in [4.78, 5) is 0. The molecule has 20 heavy (non-hydrogen) atoms. The molecule has 1 unspecified atom stereocenters. The minimum atomic E-state index is -2.82. The summed E-state index contributed by atoms with van der Waals surface area (Å²) in [5.74, 6) is 0.124. The van der Waals surface area contributed by atoms with Crippen LogP contribution in [-0.2, 0) is 6.42 Å². The van der Waals surface area contributed by atoms with Gasteiger partial charge in [-0.3, -0.25) is 0 Å². The van der Waals surface area contributed by atoms with E-state index in [2.05, 4.69) is 4.74 Å². The van der Waals surface area contributed by atoms with Crippen molar-refractivity contribution in [3.05, 3.63) is 64.7 Å². The normalized spacial score (nSPS) is 12.4. The van der Waals surface area contributed by atoms with Crippen molar-refractivity contribution in [2.75, 3.05) is 0 Å². The molecule has 0 aromatic heterocycles. The third-order valence-corrected chi connectivity index (χ3v) is 3.45. The Morgan fingerprint density at radius 3 is 2.10 bits per heavy atom. The molecule has 0 fully saturated rings. The first-order chi connectivity index (χ1) is 9.54. The number of hydrogen-bond donors (Lipinski definition) is 0. The van der Waals surface area contributed by atoms with E-state index in [1.807, 2.05) is 12.1 Å². The van der Waals surface area contributed by atoms with E-state index < -0.39 is 6.61 Å². The number of hydrogen-bond acceptors (Lipinski definition) is 1. The lowest BCUT2D eigenvalue weighted by Gasteiger charge is -2.11. The van der Waals surface area contributed by atoms with Gasteiger partial charge in [-0.1, -0.05) is 35.9 Å². The Balaban J connectivity index is 2.01. The summed E-state index contributed by atoms with van der Waals surface area (Å²) in [6.45, 7) is -2.82. The topological polar surface area (TPSA) is 9.23 Å². The fraction of sp³-hybridized carbons (Fsp3) is 0.200. The molecule has 106 valence electrons. The zero-order valence-corrected chi connectivity index (χ0v) is 11.9. The highest BCUT2D eigenvalue weighted by Crippen LogP contribution is 2.27. The van der Waals surface area contributed by atoms with Gasteiger partial charge in [0.2, 0.25) is 0 Å². The van der Waals surface area contributed by atoms with Crippen LogP contribution in [0.5, 0.6) is 5.75 Å². The van der Waals surface area contributed by atoms with Crippen LogP contribution in [0.1, 0.15) is 16.5 Å². The van der Waals surface area contributed by atoms with Crippen LogP contribution in [0.2, 0.25) is 5.02 Å². The number of ether oxygens (including phenoxy) is 1. The van der Waals surface area contributed by atoms with Crippen molar-refractivity contribution in [1.29, 1.82) is 0 Å². The largest absolute Gasteiger partial charge is 0.435 e. The molecule has 0 amide bonds. The molecule has 0 aliphatic carbocycles. The molecule has 0 saturated heterocycles. The average Bonchev–Trinajstić information content (AvgIpc) is 2.41. The summed E-state index contributed by atoms with van der Waals surface area (Å²) in [7, 11) is 0. The van der Waals surface area contributed by atoms with E-state index in [0.29, 0.717) is 11.4 Å². The first-order valence-corrected chi connectivity index (χ1v) is 6.79. The molecule has 0 saturated carbocycles. The van der Waals surface area contributed by atoms with Gasteiger partial charge in [0.15, 0.2) is 0 Å². The van der Waals surface area contributed by atoms with Crippen molar-refractivity contribution in [2.24, 2.45) is 0 Å². The van der Waals surface area contributed by atoms with Gasteiger partial charge in [-0.2, -0.15) is 8.78 Å². The van der Waals surface area contributed by atoms with Gasteiger partial charge in [-0.25, -0.2) is 0 Å². The maximum Gasteiger partial charge on any atom is 0.387 e. The number of rotatable bonds is 5. The predicted molar refractivity (Wildman–Crippen MR) is 76.8 cm³/mol. The van der Waals surface area contributed by atoms with Gasteiger partial charge in [0.25, 0.3) is 0 Å². The van der Waals surface area contributed by atoms with Crippen LogP contribution in [0, 0.1) is 0 Å². The van der Waals surface area contributed by atoms with Crippen molar-refractivity contribution in [3.63, 3.8) is 0 Å². The van der Waals surface area contributed by atoms with Crippen LogP contribution in [0.4, 0.5) is 8.78 Å². The lowest BCUT2D eigenvalue weighted by molar-refractivity contribution is -0.0498. The predicted octanol–water partition coefficient (Wildman–Crippen LogP) is 5.46. The molecule has 2 aromatic rings. The minimum Gasteiger partial charge on any atom is -0.435 e. The number of halogens is 4. The summed E-state index contributed by atoms with van der Waals surface area (Å²) in [6, 6.07) is 13.8. The molecule has 0 heterocycles. The Morgan fingerprint density at radius 1 is 0.950 bits per heavy atom. The van der Waals surface area contributed by atoms with Crippen LogP contribution < -0.4 is 4.74 Å². The van der Waals surface area contributed by atoms with Crippen molar-refractivity contribution in [1.82, 2.24) is 0 Å². The molecular formula is C15H12Cl2F2O. The smallest absolute Gasteiger partial charge is 0.387 e. The molecule has 1 nitrogen and oxygen atoms in total. The lowest BCUT2D eigenvalue weighted by atomic mass is 10.0. The molecule has 0 aliphatic rings. The van der Waals surface area contributed by atoms with Gasteiger partial charge >= 0.3 is 6.61 Å². The Kier molecular flexibility index (Phi) is 5.21. The van der Waals surface area contributed by atoms with Crippen LogP contribution in [-0.4, -0.2) is 6.61 Å². The SMILES string of the molecule is FC(F)Oc1ccc(C(Cl)Cc2ccc(Cl)cc2)cc1. The molecule has 2 rings (SSSR count).